The minimum absolute atomic E-state index is 0.579. The van der Waals surface area contributed by atoms with Crippen LogP contribution in [0.4, 0.5) is 0 Å². The van der Waals surface area contributed by atoms with Gasteiger partial charge in [-0.3, -0.25) is 4.90 Å². The van der Waals surface area contributed by atoms with Crippen molar-refractivity contribution in [3.63, 3.8) is 0 Å². The summed E-state index contributed by atoms with van der Waals surface area (Å²) in [4.78, 5) is 2.62. The number of nitrogens with zero attached hydrogens (tertiary/aromatic N) is 1. The Morgan fingerprint density at radius 1 is 1.07 bits per heavy atom. The Morgan fingerprint density at radius 3 is 2.36 bits per heavy atom. The molecule has 14 heavy (non-hydrogen) atoms. The van der Waals surface area contributed by atoms with Crippen molar-refractivity contribution in [3.8, 4) is 0 Å². The molecule has 3 nitrogen and oxygen atoms in total. The number of piperidine rings is 1. The van der Waals surface area contributed by atoms with Crippen molar-refractivity contribution >= 4 is 0 Å². The first-order valence-electron chi connectivity index (χ1n) is 5.78. The predicted octanol–water partition coefficient (Wildman–Crippen LogP) is 0.888. The van der Waals surface area contributed by atoms with Crippen LogP contribution in [0.5, 0.6) is 0 Å². The third-order valence-electron chi connectivity index (χ3n) is 4.10. The number of hydrogen-bond acceptors (Lipinski definition) is 3. The maximum absolute atomic E-state index is 5.44. The maximum atomic E-state index is 5.44. The van der Waals surface area contributed by atoms with Gasteiger partial charge in [0.25, 0.3) is 0 Å². The zero-order chi connectivity index (χ0) is 9.43. The second kappa shape index (κ2) is 3.47. The van der Waals surface area contributed by atoms with Crippen LogP contribution in [0, 0.1) is 5.41 Å². The molecular weight excluding hydrogens is 178 g/mol. The van der Waals surface area contributed by atoms with Gasteiger partial charge in [-0.2, -0.15) is 0 Å². The molecule has 1 spiro atoms. The average molecular weight is 197 g/mol. The van der Waals surface area contributed by atoms with Gasteiger partial charge < -0.3 is 9.47 Å². The molecule has 3 fully saturated rings. The van der Waals surface area contributed by atoms with E-state index in [1.807, 2.05) is 0 Å². The van der Waals surface area contributed by atoms with Crippen LogP contribution in [0.15, 0.2) is 0 Å². The predicted molar refractivity (Wildman–Crippen MR) is 53.3 cm³/mol. The Labute approximate surface area is 85.4 Å². The van der Waals surface area contributed by atoms with E-state index in [1.165, 1.54) is 32.4 Å². The van der Waals surface area contributed by atoms with Crippen LogP contribution in [-0.2, 0) is 9.47 Å². The van der Waals surface area contributed by atoms with Gasteiger partial charge in [0.2, 0.25) is 0 Å². The first-order valence-corrected chi connectivity index (χ1v) is 5.78. The molecule has 1 unspecified atom stereocenters. The molecular formula is C11H19NO2. The van der Waals surface area contributed by atoms with Crippen LogP contribution in [0.1, 0.15) is 19.3 Å². The fourth-order valence-corrected chi connectivity index (χ4v) is 2.85. The van der Waals surface area contributed by atoms with E-state index in [4.69, 9.17) is 9.47 Å². The Bertz CT molecular complexity index is 199. The van der Waals surface area contributed by atoms with E-state index in [2.05, 4.69) is 4.90 Å². The molecule has 0 saturated carbocycles. The Balaban J connectivity index is 1.54. The lowest BCUT2D eigenvalue weighted by atomic mass is 9.76. The summed E-state index contributed by atoms with van der Waals surface area (Å²) in [5.41, 5.74) is 0.579. The van der Waals surface area contributed by atoms with E-state index in [1.54, 1.807) is 0 Å². The van der Waals surface area contributed by atoms with Gasteiger partial charge in [0.05, 0.1) is 19.8 Å². The van der Waals surface area contributed by atoms with Crippen LogP contribution in [-0.4, -0.2) is 50.5 Å². The van der Waals surface area contributed by atoms with E-state index < -0.39 is 0 Å². The summed E-state index contributed by atoms with van der Waals surface area (Å²) in [5.74, 6) is 0. The van der Waals surface area contributed by atoms with Crippen molar-refractivity contribution in [1.29, 1.82) is 0 Å². The molecule has 0 bridgehead atoms. The third kappa shape index (κ3) is 1.47. The van der Waals surface area contributed by atoms with Gasteiger partial charge in [-0.1, -0.05) is 0 Å². The molecule has 3 rings (SSSR count). The van der Waals surface area contributed by atoms with Gasteiger partial charge in [-0.05, 0) is 32.4 Å². The first kappa shape index (κ1) is 9.13. The normalized spacial score (nSPS) is 37.3. The van der Waals surface area contributed by atoms with Gasteiger partial charge in [0, 0.05) is 18.1 Å². The Kier molecular flexibility index (Phi) is 2.26. The Hall–Kier alpha value is -0.120. The average Bonchev–Trinajstić information content (AvgIpc) is 2.68. The second-order valence-corrected chi connectivity index (χ2v) is 5.05. The lowest BCUT2D eigenvalue weighted by Crippen LogP contribution is -2.53. The van der Waals surface area contributed by atoms with E-state index in [0.29, 0.717) is 11.5 Å². The van der Waals surface area contributed by atoms with Crippen molar-refractivity contribution in [1.82, 2.24) is 4.90 Å². The Morgan fingerprint density at radius 2 is 1.86 bits per heavy atom. The van der Waals surface area contributed by atoms with Crippen molar-refractivity contribution in [2.45, 2.75) is 25.3 Å². The summed E-state index contributed by atoms with van der Waals surface area (Å²) in [7, 11) is 0. The van der Waals surface area contributed by atoms with Crippen LogP contribution in [0.2, 0.25) is 0 Å². The quantitative estimate of drug-likeness (QED) is 0.623. The molecule has 0 aromatic rings. The van der Waals surface area contributed by atoms with Gasteiger partial charge in [0.1, 0.15) is 0 Å². The van der Waals surface area contributed by atoms with Crippen LogP contribution in [0.3, 0.4) is 0 Å². The molecule has 0 aliphatic carbocycles. The SMILES string of the molecule is C1CC(N2CCC3(CC2)COC3)CO1. The smallest absolute Gasteiger partial charge is 0.0622 e. The number of hydrogen-bond donors (Lipinski definition) is 0. The van der Waals surface area contributed by atoms with Gasteiger partial charge in [-0.15, -0.1) is 0 Å². The summed E-state index contributed by atoms with van der Waals surface area (Å²) in [6.45, 7) is 6.48. The van der Waals surface area contributed by atoms with E-state index in [-0.39, 0.29) is 0 Å². The molecule has 0 amide bonds. The topological polar surface area (TPSA) is 21.7 Å². The van der Waals surface area contributed by atoms with Gasteiger partial charge in [0.15, 0.2) is 0 Å². The lowest BCUT2D eigenvalue weighted by Gasteiger charge is -2.48. The molecule has 1 atom stereocenters. The van der Waals surface area contributed by atoms with Crippen molar-refractivity contribution in [2.75, 3.05) is 39.5 Å². The molecule has 3 heterocycles. The van der Waals surface area contributed by atoms with Crippen molar-refractivity contribution in [2.24, 2.45) is 5.41 Å². The zero-order valence-electron chi connectivity index (χ0n) is 8.71. The van der Waals surface area contributed by atoms with Crippen LogP contribution in [0.25, 0.3) is 0 Å². The number of likely N-dealkylation sites (tertiary alicyclic amines) is 1. The molecule has 0 N–H and O–H groups in total. The molecule has 3 aliphatic rings. The molecule has 80 valence electrons. The molecule has 0 radical (unpaired) electrons. The highest BCUT2D eigenvalue weighted by atomic mass is 16.5. The van der Waals surface area contributed by atoms with Gasteiger partial charge in [-0.25, -0.2) is 0 Å². The first-order chi connectivity index (χ1) is 6.88. The van der Waals surface area contributed by atoms with Crippen molar-refractivity contribution < 1.29 is 9.47 Å². The summed E-state index contributed by atoms with van der Waals surface area (Å²) in [6.07, 6.45) is 3.91. The van der Waals surface area contributed by atoms with Gasteiger partial charge >= 0.3 is 0 Å². The minimum Gasteiger partial charge on any atom is -0.380 e. The summed E-state index contributed by atoms with van der Waals surface area (Å²) in [5, 5.41) is 0. The maximum Gasteiger partial charge on any atom is 0.0622 e. The minimum atomic E-state index is 0.579. The third-order valence-corrected chi connectivity index (χ3v) is 4.10. The zero-order valence-corrected chi connectivity index (χ0v) is 8.71. The number of rotatable bonds is 1. The lowest BCUT2D eigenvalue weighted by molar-refractivity contribution is -0.142. The summed E-state index contributed by atoms with van der Waals surface area (Å²) in [6, 6.07) is 0.716. The van der Waals surface area contributed by atoms with Crippen LogP contribution >= 0.6 is 0 Å². The van der Waals surface area contributed by atoms with E-state index in [9.17, 15) is 0 Å². The highest BCUT2D eigenvalue weighted by Gasteiger charge is 2.42. The highest BCUT2D eigenvalue weighted by molar-refractivity contribution is 4.92. The molecule has 3 saturated heterocycles. The standard InChI is InChI=1S/C11H19NO2/c1-6-13-7-10(1)12-4-2-11(3-5-12)8-14-9-11/h10H,1-9H2. The van der Waals surface area contributed by atoms with Crippen molar-refractivity contribution in [3.05, 3.63) is 0 Å². The van der Waals surface area contributed by atoms with E-state index >= 15 is 0 Å². The molecule has 0 aromatic carbocycles. The fourth-order valence-electron chi connectivity index (χ4n) is 2.85. The monoisotopic (exact) mass is 197 g/mol. The highest BCUT2D eigenvalue weighted by Crippen LogP contribution is 2.39. The number of ether oxygens (including phenoxy) is 2. The summed E-state index contributed by atoms with van der Waals surface area (Å²) >= 11 is 0. The van der Waals surface area contributed by atoms with E-state index in [0.717, 1.165) is 26.4 Å². The second-order valence-electron chi connectivity index (χ2n) is 5.05. The van der Waals surface area contributed by atoms with Crippen LogP contribution < -0.4 is 0 Å². The molecule has 3 heteroatoms. The largest absolute Gasteiger partial charge is 0.380 e. The summed E-state index contributed by atoms with van der Waals surface area (Å²) < 4.78 is 10.8. The molecule has 3 aliphatic heterocycles. The fraction of sp³-hybridized carbons (Fsp3) is 1.00. The molecule has 0 aromatic heterocycles.